The summed E-state index contributed by atoms with van der Waals surface area (Å²) in [6.07, 6.45) is 0. The lowest BCUT2D eigenvalue weighted by Gasteiger charge is -2.24. The Bertz CT molecular complexity index is 275. The second-order valence-electron chi connectivity index (χ2n) is 3.58. The molecule has 1 aromatic rings. The summed E-state index contributed by atoms with van der Waals surface area (Å²) in [5.74, 6) is 0. The minimum absolute atomic E-state index is 0.467. The van der Waals surface area contributed by atoms with Gasteiger partial charge in [0.25, 0.3) is 0 Å². The second-order valence-corrected chi connectivity index (χ2v) is 3.58. The predicted molar refractivity (Wildman–Crippen MR) is 59.6 cm³/mol. The largest absolute Gasteiger partial charge is 0.388 e. The van der Waals surface area contributed by atoms with Crippen molar-refractivity contribution >= 4 is 5.69 Å². The maximum absolute atomic E-state index is 3.49. The molecule has 3 nitrogen and oxygen atoms in total. The van der Waals surface area contributed by atoms with Gasteiger partial charge >= 0.3 is 0 Å². The molecule has 0 bridgehead atoms. The van der Waals surface area contributed by atoms with Gasteiger partial charge in [-0.1, -0.05) is 12.1 Å². The maximum Gasteiger partial charge on any atom is 0.0447 e. The average Bonchev–Trinajstić information content (AvgIpc) is 2.30. The number of anilines is 1. The topological polar surface area (TPSA) is 36.1 Å². The third-order valence-electron chi connectivity index (χ3n) is 2.64. The number of nitrogens with one attached hydrogen (secondary N) is 3. The molecular formula is C11H17N3. The lowest BCUT2D eigenvalue weighted by atomic mass is 10.1. The van der Waals surface area contributed by atoms with Crippen LogP contribution in [0.4, 0.5) is 5.69 Å². The van der Waals surface area contributed by atoms with Crippen molar-refractivity contribution < 1.29 is 0 Å². The van der Waals surface area contributed by atoms with E-state index in [2.05, 4.69) is 40.2 Å². The molecule has 14 heavy (non-hydrogen) atoms. The standard InChI is InChI=1S/C11H17N3/c1-12-10-4-2-9(3-5-10)11-8-13-6-7-14-11/h2-5,11-14H,6-8H2,1H3/t11-/m0/s1. The summed E-state index contributed by atoms with van der Waals surface area (Å²) in [6.45, 7) is 3.16. The van der Waals surface area contributed by atoms with Gasteiger partial charge in [0, 0.05) is 38.4 Å². The van der Waals surface area contributed by atoms with Crippen molar-refractivity contribution in [3.63, 3.8) is 0 Å². The number of hydrogen-bond acceptors (Lipinski definition) is 3. The van der Waals surface area contributed by atoms with E-state index in [1.54, 1.807) is 0 Å². The summed E-state index contributed by atoms with van der Waals surface area (Å²) in [5, 5.41) is 9.99. The zero-order chi connectivity index (χ0) is 9.80. The average molecular weight is 191 g/mol. The molecule has 76 valence electrons. The summed E-state index contributed by atoms with van der Waals surface area (Å²) in [4.78, 5) is 0. The molecule has 0 amide bonds. The van der Waals surface area contributed by atoms with Gasteiger partial charge in [0.05, 0.1) is 0 Å². The Morgan fingerprint density at radius 1 is 1.21 bits per heavy atom. The number of hydrogen-bond donors (Lipinski definition) is 3. The smallest absolute Gasteiger partial charge is 0.0447 e. The van der Waals surface area contributed by atoms with Crippen molar-refractivity contribution in [1.29, 1.82) is 0 Å². The molecule has 1 aromatic carbocycles. The van der Waals surface area contributed by atoms with E-state index in [1.165, 1.54) is 5.56 Å². The van der Waals surface area contributed by atoms with E-state index >= 15 is 0 Å². The first-order valence-electron chi connectivity index (χ1n) is 5.12. The summed E-state index contributed by atoms with van der Waals surface area (Å²) >= 11 is 0. The van der Waals surface area contributed by atoms with Crippen LogP contribution in [0.2, 0.25) is 0 Å². The fourth-order valence-corrected chi connectivity index (χ4v) is 1.77. The van der Waals surface area contributed by atoms with Crippen molar-refractivity contribution in [2.24, 2.45) is 0 Å². The van der Waals surface area contributed by atoms with Gasteiger partial charge in [0.1, 0.15) is 0 Å². The molecule has 3 N–H and O–H groups in total. The van der Waals surface area contributed by atoms with Crippen LogP contribution in [0, 0.1) is 0 Å². The van der Waals surface area contributed by atoms with Crippen LogP contribution in [0.25, 0.3) is 0 Å². The summed E-state index contributed by atoms with van der Waals surface area (Å²) < 4.78 is 0. The van der Waals surface area contributed by atoms with Gasteiger partial charge in [-0.05, 0) is 17.7 Å². The van der Waals surface area contributed by atoms with E-state index in [0.29, 0.717) is 6.04 Å². The molecule has 0 saturated carbocycles. The Labute approximate surface area is 84.9 Å². The highest BCUT2D eigenvalue weighted by Gasteiger charge is 2.13. The zero-order valence-electron chi connectivity index (χ0n) is 8.51. The van der Waals surface area contributed by atoms with Crippen LogP contribution in [0.3, 0.4) is 0 Å². The van der Waals surface area contributed by atoms with Crippen molar-refractivity contribution in [2.45, 2.75) is 6.04 Å². The van der Waals surface area contributed by atoms with Crippen molar-refractivity contribution in [3.8, 4) is 0 Å². The van der Waals surface area contributed by atoms with E-state index in [1.807, 2.05) is 7.05 Å². The van der Waals surface area contributed by atoms with Crippen LogP contribution in [0.15, 0.2) is 24.3 Å². The molecule has 1 aliphatic heterocycles. The summed E-state index contributed by atoms with van der Waals surface area (Å²) in [7, 11) is 1.94. The van der Waals surface area contributed by atoms with E-state index in [9.17, 15) is 0 Å². The fourth-order valence-electron chi connectivity index (χ4n) is 1.77. The van der Waals surface area contributed by atoms with E-state index < -0.39 is 0 Å². The van der Waals surface area contributed by atoms with Gasteiger partial charge in [-0.25, -0.2) is 0 Å². The molecular weight excluding hydrogens is 174 g/mol. The van der Waals surface area contributed by atoms with E-state index in [0.717, 1.165) is 25.3 Å². The molecule has 1 fully saturated rings. The minimum atomic E-state index is 0.467. The molecule has 1 saturated heterocycles. The molecule has 3 heteroatoms. The van der Waals surface area contributed by atoms with Gasteiger partial charge < -0.3 is 16.0 Å². The first-order chi connectivity index (χ1) is 6.90. The summed E-state index contributed by atoms with van der Waals surface area (Å²) in [5.41, 5.74) is 2.52. The molecule has 0 radical (unpaired) electrons. The van der Waals surface area contributed by atoms with Crippen LogP contribution in [-0.4, -0.2) is 26.7 Å². The molecule has 0 aromatic heterocycles. The SMILES string of the molecule is CNc1ccc([C@@H]2CNCCN2)cc1. The van der Waals surface area contributed by atoms with Gasteiger partial charge in [0.2, 0.25) is 0 Å². The van der Waals surface area contributed by atoms with Crippen LogP contribution < -0.4 is 16.0 Å². The van der Waals surface area contributed by atoms with Crippen molar-refractivity contribution in [2.75, 3.05) is 32.0 Å². The van der Waals surface area contributed by atoms with E-state index in [4.69, 9.17) is 0 Å². The first kappa shape index (κ1) is 9.49. The number of rotatable bonds is 2. The highest BCUT2D eigenvalue weighted by Crippen LogP contribution is 2.16. The number of piperazine rings is 1. The quantitative estimate of drug-likeness (QED) is 0.651. The van der Waals surface area contributed by atoms with Gasteiger partial charge in [-0.3, -0.25) is 0 Å². The van der Waals surface area contributed by atoms with Crippen molar-refractivity contribution in [3.05, 3.63) is 29.8 Å². The monoisotopic (exact) mass is 191 g/mol. The van der Waals surface area contributed by atoms with Crippen molar-refractivity contribution in [1.82, 2.24) is 10.6 Å². The molecule has 0 spiro atoms. The fraction of sp³-hybridized carbons (Fsp3) is 0.455. The van der Waals surface area contributed by atoms with Crippen LogP contribution >= 0.6 is 0 Å². The predicted octanol–water partition coefficient (Wildman–Crippen LogP) is 0.962. The highest BCUT2D eigenvalue weighted by molar-refractivity contribution is 5.44. The zero-order valence-corrected chi connectivity index (χ0v) is 8.51. The lowest BCUT2D eigenvalue weighted by Crippen LogP contribution is -2.42. The molecule has 0 aliphatic carbocycles. The first-order valence-corrected chi connectivity index (χ1v) is 5.12. The maximum atomic E-state index is 3.49. The normalized spacial score (nSPS) is 21.9. The molecule has 1 heterocycles. The Morgan fingerprint density at radius 3 is 2.57 bits per heavy atom. The molecule has 0 unspecified atom stereocenters. The van der Waals surface area contributed by atoms with Crippen LogP contribution in [-0.2, 0) is 0 Å². The molecule has 2 rings (SSSR count). The minimum Gasteiger partial charge on any atom is -0.388 e. The highest BCUT2D eigenvalue weighted by atomic mass is 15.1. The third-order valence-corrected chi connectivity index (χ3v) is 2.64. The molecule has 1 atom stereocenters. The van der Waals surface area contributed by atoms with E-state index in [-0.39, 0.29) is 0 Å². The second kappa shape index (κ2) is 4.44. The van der Waals surface area contributed by atoms with Gasteiger partial charge in [0.15, 0.2) is 0 Å². The van der Waals surface area contributed by atoms with Crippen LogP contribution in [0.5, 0.6) is 0 Å². The Hall–Kier alpha value is -1.06. The van der Waals surface area contributed by atoms with Gasteiger partial charge in [-0.2, -0.15) is 0 Å². The van der Waals surface area contributed by atoms with Gasteiger partial charge in [-0.15, -0.1) is 0 Å². The third kappa shape index (κ3) is 2.05. The Morgan fingerprint density at radius 2 is 2.00 bits per heavy atom. The van der Waals surface area contributed by atoms with Crippen LogP contribution in [0.1, 0.15) is 11.6 Å². The lowest BCUT2D eigenvalue weighted by molar-refractivity contribution is 0.430. The number of benzene rings is 1. The Kier molecular flexibility index (Phi) is 3.01. The Balaban J connectivity index is 2.07. The summed E-state index contributed by atoms with van der Waals surface area (Å²) in [6, 6.07) is 9.05. The molecule has 1 aliphatic rings.